The molecule has 0 saturated heterocycles. The van der Waals surface area contributed by atoms with Gasteiger partial charge >= 0.3 is 5.97 Å². The van der Waals surface area contributed by atoms with Crippen molar-refractivity contribution in [2.45, 2.75) is 45.4 Å². The number of aliphatic hydroxyl groups is 1. The van der Waals surface area contributed by atoms with Crippen LogP contribution in [0.2, 0.25) is 10.0 Å². The quantitative estimate of drug-likeness (QED) is 0.319. The maximum absolute atomic E-state index is 13.1. The van der Waals surface area contributed by atoms with E-state index >= 15 is 0 Å². The lowest BCUT2D eigenvalue weighted by Gasteiger charge is -2.25. The van der Waals surface area contributed by atoms with Crippen molar-refractivity contribution in [2.75, 3.05) is 14.2 Å². The van der Waals surface area contributed by atoms with Gasteiger partial charge in [-0.3, -0.25) is 4.79 Å². The molecule has 3 aromatic carbocycles. The van der Waals surface area contributed by atoms with Crippen LogP contribution in [0.3, 0.4) is 0 Å². The summed E-state index contributed by atoms with van der Waals surface area (Å²) in [5.74, 6) is -0.0547. The first kappa shape index (κ1) is 29.3. The van der Waals surface area contributed by atoms with Crippen molar-refractivity contribution in [1.82, 2.24) is 5.32 Å². The predicted molar refractivity (Wildman–Crippen MR) is 148 cm³/mol. The SMILES string of the molecule is COc1cc(CO)cc(OC)c1-c1ccc(C[C@H](NC(=O)c2c(Cl)cccc2Cl)C(=O)OC(C)(C)C)cc1. The molecule has 202 valence electrons. The highest BCUT2D eigenvalue weighted by Gasteiger charge is 2.29. The summed E-state index contributed by atoms with van der Waals surface area (Å²) in [5, 5.41) is 12.6. The molecule has 3 rings (SSSR count). The molecule has 1 atom stereocenters. The average Bonchev–Trinajstić information content (AvgIpc) is 2.86. The van der Waals surface area contributed by atoms with Gasteiger partial charge in [-0.25, -0.2) is 4.79 Å². The van der Waals surface area contributed by atoms with Gasteiger partial charge in [-0.2, -0.15) is 0 Å². The highest BCUT2D eigenvalue weighted by atomic mass is 35.5. The maximum Gasteiger partial charge on any atom is 0.329 e. The third-order valence-electron chi connectivity index (χ3n) is 5.62. The summed E-state index contributed by atoms with van der Waals surface area (Å²) in [6, 6.07) is 14.7. The second-order valence-electron chi connectivity index (χ2n) is 9.59. The van der Waals surface area contributed by atoms with E-state index in [2.05, 4.69) is 5.32 Å². The van der Waals surface area contributed by atoms with Gasteiger partial charge in [0.2, 0.25) is 0 Å². The molecule has 0 fully saturated rings. The molecular weight excluding hydrogens is 529 g/mol. The lowest BCUT2D eigenvalue weighted by atomic mass is 9.98. The van der Waals surface area contributed by atoms with Crippen LogP contribution in [0.15, 0.2) is 54.6 Å². The molecule has 7 nitrogen and oxygen atoms in total. The Morgan fingerprint density at radius 1 is 0.921 bits per heavy atom. The van der Waals surface area contributed by atoms with E-state index in [1.165, 1.54) is 0 Å². The van der Waals surface area contributed by atoms with Gasteiger partial charge < -0.3 is 24.6 Å². The zero-order valence-corrected chi connectivity index (χ0v) is 23.4. The molecule has 0 radical (unpaired) electrons. The van der Waals surface area contributed by atoms with Gasteiger partial charge in [0.1, 0.15) is 23.1 Å². The number of rotatable bonds is 9. The summed E-state index contributed by atoms with van der Waals surface area (Å²) in [4.78, 5) is 26.1. The molecule has 0 unspecified atom stereocenters. The Morgan fingerprint density at radius 3 is 1.95 bits per heavy atom. The number of benzene rings is 3. The lowest BCUT2D eigenvalue weighted by molar-refractivity contribution is -0.157. The van der Waals surface area contributed by atoms with Crippen LogP contribution in [0.5, 0.6) is 11.5 Å². The molecule has 3 aromatic rings. The maximum atomic E-state index is 13.1. The van der Waals surface area contributed by atoms with E-state index in [0.717, 1.165) is 16.7 Å². The largest absolute Gasteiger partial charge is 0.496 e. The number of aliphatic hydroxyl groups excluding tert-OH is 1. The Balaban J connectivity index is 1.91. The van der Waals surface area contributed by atoms with Gasteiger partial charge in [0.05, 0.1) is 42.0 Å². The smallest absolute Gasteiger partial charge is 0.329 e. The minimum Gasteiger partial charge on any atom is -0.496 e. The van der Waals surface area contributed by atoms with Crippen LogP contribution < -0.4 is 14.8 Å². The van der Waals surface area contributed by atoms with E-state index in [-0.39, 0.29) is 28.6 Å². The molecule has 38 heavy (non-hydrogen) atoms. The Bertz CT molecular complexity index is 1260. The summed E-state index contributed by atoms with van der Waals surface area (Å²) in [5.41, 5.74) is 2.32. The lowest BCUT2D eigenvalue weighted by Crippen LogP contribution is -2.45. The molecule has 1 amide bonds. The summed E-state index contributed by atoms with van der Waals surface area (Å²) < 4.78 is 16.7. The van der Waals surface area contributed by atoms with Gasteiger partial charge in [-0.15, -0.1) is 0 Å². The normalized spacial score (nSPS) is 12.0. The summed E-state index contributed by atoms with van der Waals surface area (Å²) >= 11 is 12.4. The van der Waals surface area contributed by atoms with E-state index in [9.17, 15) is 14.7 Å². The highest BCUT2D eigenvalue weighted by Crippen LogP contribution is 2.39. The van der Waals surface area contributed by atoms with E-state index in [1.54, 1.807) is 65.3 Å². The van der Waals surface area contributed by atoms with E-state index in [4.69, 9.17) is 37.4 Å². The molecule has 0 saturated carbocycles. The van der Waals surface area contributed by atoms with Crippen molar-refractivity contribution < 1.29 is 28.9 Å². The fourth-order valence-corrected chi connectivity index (χ4v) is 4.47. The number of ether oxygens (including phenoxy) is 3. The topological polar surface area (TPSA) is 94.1 Å². The standard InChI is InChI=1S/C29H31Cl2NO6/c1-29(2,3)38-28(35)22(32-27(34)26-20(30)7-6-8-21(26)31)13-17-9-11-19(12-10-17)25-23(36-4)14-18(16-33)15-24(25)37-5/h6-12,14-15,22,33H,13,16H2,1-5H3,(H,32,34)/t22-/m0/s1. The van der Waals surface area contributed by atoms with Gasteiger partial charge in [-0.1, -0.05) is 53.5 Å². The van der Waals surface area contributed by atoms with Crippen molar-refractivity contribution in [3.05, 3.63) is 81.3 Å². The van der Waals surface area contributed by atoms with Crippen LogP contribution in [0.25, 0.3) is 11.1 Å². The van der Waals surface area contributed by atoms with Crippen LogP contribution in [0.1, 0.15) is 42.3 Å². The van der Waals surface area contributed by atoms with Crippen LogP contribution in [-0.2, 0) is 22.6 Å². The fraction of sp³-hybridized carbons (Fsp3) is 0.310. The first-order valence-corrected chi connectivity index (χ1v) is 12.7. The number of methoxy groups -OCH3 is 2. The van der Waals surface area contributed by atoms with Crippen molar-refractivity contribution in [1.29, 1.82) is 0 Å². The Morgan fingerprint density at radius 2 is 1.47 bits per heavy atom. The van der Waals surface area contributed by atoms with Gasteiger partial charge in [-0.05, 0) is 61.7 Å². The number of amides is 1. The molecule has 0 aliphatic carbocycles. The first-order chi connectivity index (χ1) is 18.0. The zero-order valence-electron chi connectivity index (χ0n) is 21.9. The number of hydrogen-bond donors (Lipinski definition) is 2. The second-order valence-corrected chi connectivity index (χ2v) is 10.4. The van der Waals surface area contributed by atoms with Crippen molar-refractivity contribution >= 4 is 35.1 Å². The Hall–Kier alpha value is -3.26. The van der Waals surface area contributed by atoms with Crippen LogP contribution in [-0.4, -0.2) is 42.8 Å². The number of nitrogens with one attached hydrogen (secondary N) is 1. The predicted octanol–water partition coefficient (Wildman–Crippen LogP) is 5.85. The summed E-state index contributed by atoms with van der Waals surface area (Å²) in [6.45, 7) is 5.12. The van der Waals surface area contributed by atoms with Crippen LogP contribution >= 0.6 is 23.2 Å². The molecule has 0 aliphatic heterocycles. The van der Waals surface area contributed by atoms with E-state index < -0.39 is 23.5 Å². The zero-order chi connectivity index (χ0) is 28.0. The monoisotopic (exact) mass is 559 g/mol. The highest BCUT2D eigenvalue weighted by molar-refractivity contribution is 6.39. The Kier molecular flexibility index (Phi) is 9.66. The molecule has 0 heterocycles. The van der Waals surface area contributed by atoms with Gasteiger partial charge in [0.25, 0.3) is 5.91 Å². The molecule has 0 bridgehead atoms. The number of carbonyl (C=O) groups excluding carboxylic acids is 2. The van der Waals surface area contributed by atoms with Crippen LogP contribution in [0.4, 0.5) is 0 Å². The molecule has 0 aliphatic rings. The summed E-state index contributed by atoms with van der Waals surface area (Å²) in [6.07, 6.45) is 0.167. The second kappa shape index (κ2) is 12.5. The van der Waals surface area contributed by atoms with Crippen molar-refractivity contribution in [2.24, 2.45) is 0 Å². The minimum atomic E-state index is -0.993. The molecule has 0 aromatic heterocycles. The first-order valence-electron chi connectivity index (χ1n) is 11.9. The number of carbonyl (C=O) groups is 2. The number of hydrogen-bond acceptors (Lipinski definition) is 6. The van der Waals surface area contributed by atoms with Crippen LogP contribution in [0, 0.1) is 0 Å². The third-order valence-corrected chi connectivity index (χ3v) is 6.25. The Labute approximate surface area is 232 Å². The van der Waals surface area contributed by atoms with Crippen molar-refractivity contribution in [3.8, 4) is 22.6 Å². The molecular formula is C29H31Cl2NO6. The van der Waals surface area contributed by atoms with E-state index in [1.807, 2.05) is 24.3 Å². The van der Waals surface area contributed by atoms with Crippen molar-refractivity contribution in [3.63, 3.8) is 0 Å². The van der Waals surface area contributed by atoms with Gasteiger partial charge in [0.15, 0.2) is 0 Å². The molecule has 2 N–H and O–H groups in total. The fourth-order valence-electron chi connectivity index (χ4n) is 3.90. The molecule has 0 spiro atoms. The third kappa shape index (κ3) is 7.19. The van der Waals surface area contributed by atoms with E-state index in [0.29, 0.717) is 17.1 Å². The minimum absolute atomic E-state index is 0.0882. The number of esters is 1. The number of halogens is 2. The van der Waals surface area contributed by atoms with Gasteiger partial charge in [0, 0.05) is 6.42 Å². The molecule has 9 heteroatoms. The average molecular weight is 560 g/mol. The summed E-state index contributed by atoms with van der Waals surface area (Å²) in [7, 11) is 3.10.